The quantitative estimate of drug-likeness (QED) is 0.830. The molecule has 0 radical (unpaired) electrons. The number of aromatic nitrogens is 1. The summed E-state index contributed by atoms with van der Waals surface area (Å²) >= 11 is 0. The van der Waals surface area contributed by atoms with Gasteiger partial charge in [-0.2, -0.15) is 0 Å². The average Bonchev–Trinajstić information content (AvgIpc) is 2.66. The third-order valence-electron chi connectivity index (χ3n) is 3.55. The minimum Gasteiger partial charge on any atom is -0.353 e. The van der Waals surface area contributed by atoms with Gasteiger partial charge in [0, 0.05) is 24.4 Å². The molecule has 0 aromatic carbocycles. The number of rotatable bonds is 4. The van der Waals surface area contributed by atoms with E-state index in [2.05, 4.69) is 10.3 Å². The standard InChI is InChI=1S/C15H22N2O/c18-15(11-10-13-7-5-6-12-16-13)17-14-8-3-1-2-4-9-14/h5-7,12,14H,1-4,8-11H2,(H,17,18). The van der Waals surface area contributed by atoms with Crippen molar-refractivity contribution >= 4 is 5.91 Å². The van der Waals surface area contributed by atoms with E-state index in [-0.39, 0.29) is 5.91 Å². The molecule has 98 valence electrons. The first kappa shape index (κ1) is 13.1. The van der Waals surface area contributed by atoms with Crippen molar-refractivity contribution in [3.63, 3.8) is 0 Å². The molecular weight excluding hydrogens is 224 g/mol. The molecule has 1 aliphatic carbocycles. The predicted molar refractivity (Wildman–Crippen MR) is 72.2 cm³/mol. The summed E-state index contributed by atoms with van der Waals surface area (Å²) in [6.07, 6.45) is 10.5. The number of hydrogen-bond acceptors (Lipinski definition) is 2. The van der Waals surface area contributed by atoms with Crippen LogP contribution in [0.5, 0.6) is 0 Å². The molecule has 0 bridgehead atoms. The molecule has 3 heteroatoms. The van der Waals surface area contributed by atoms with E-state index in [1.807, 2.05) is 18.2 Å². The molecule has 1 heterocycles. The van der Waals surface area contributed by atoms with Gasteiger partial charge in [0.25, 0.3) is 0 Å². The number of aryl methyl sites for hydroxylation is 1. The Kier molecular flexibility index (Phi) is 5.18. The van der Waals surface area contributed by atoms with Gasteiger partial charge < -0.3 is 5.32 Å². The summed E-state index contributed by atoms with van der Waals surface area (Å²) in [6, 6.07) is 6.24. The molecule has 1 aromatic rings. The number of carbonyl (C=O) groups is 1. The van der Waals surface area contributed by atoms with E-state index in [0.29, 0.717) is 12.5 Å². The summed E-state index contributed by atoms with van der Waals surface area (Å²) in [7, 11) is 0. The second kappa shape index (κ2) is 7.14. The van der Waals surface area contributed by atoms with E-state index in [1.165, 1.54) is 25.7 Å². The van der Waals surface area contributed by atoms with E-state index in [4.69, 9.17) is 0 Å². The highest BCUT2D eigenvalue weighted by Gasteiger charge is 2.14. The first-order valence-corrected chi connectivity index (χ1v) is 7.04. The fourth-order valence-corrected chi connectivity index (χ4v) is 2.51. The summed E-state index contributed by atoms with van der Waals surface area (Å²) in [4.78, 5) is 16.1. The number of hydrogen-bond donors (Lipinski definition) is 1. The Morgan fingerprint density at radius 1 is 1.22 bits per heavy atom. The molecule has 1 fully saturated rings. The summed E-state index contributed by atoms with van der Waals surface area (Å²) < 4.78 is 0. The van der Waals surface area contributed by atoms with Crippen LogP contribution in [0.25, 0.3) is 0 Å². The van der Waals surface area contributed by atoms with E-state index in [9.17, 15) is 4.79 Å². The topological polar surface area (TPSA) is 42.0 Å². The molecule has 0 spiro atoms. The smallest absolute Gasteiger partial charge is 0.220 e. The fraction of sp³-hybridized carbons (Fsp3) is 0.600. The van der Waals surface area contributed by atoms with Gasteiger partial charge in [-0.1, -0.05) is 31.7 Å². The summed E-state index contributed by atoms with van der Waals surface area (Å²) in [5.41, 5.74) is 0.994. The number of nitrogens with zero attached hydrogens (tertiary/aromatic N) is 1. The van der Waals surface area contributed by atoms with Crippen molar-refractivity contribution < 1.29 is 4.79 Å². The van der Waals surface area contributed by atoms with E-state index >= 15 is 0 Å². The monoisotopic (exact) mass is 246 g/mol. The van der Waals surface area contributed by atoms with E-state index in [1.54, 1.807) is 6.20 Å². The van der Waals surface area contributed by atoms with Gasteiger partial charge in [0.05, 0.1) is 0 Å². The summed E-state index contributed by atoms with van der Waals surface area (Å²) in [6.45, 7) is 0. The maximum Gasteiger partial charge on any atom is 0.220 e. The lowest BCUT2D eigenvalue weighted by Crippen LogP contribution is -2.34. The van der Waals surface area contributed by atoms with Gasteiger partial charge in [-0.3, -0.25) is 9.78 Å². The zero-order chi connectivity index (χ0) is 12.6. The average molecular weight is 246 g/mol. The van der Waals surface area contributed by atoms with Crippen molar-refractivity contribution in [2.24, 2.45) is 0 Å². The van der Waals surface area contributed by atoms with Gasteiger partial charge in [0.2, 0.25) is 5.91 Å². The third kappa shape index (κ3) is 4.47. The van der Waals surface area contributed by atoms with Gasteiger partial charge in [0.15, 0.2) is 0 Å². The zero-order valence-corrected chi connectivity index (χ0v) is 10.9. The molecule has 1 saturated carbocycles. The van der Waals surface area contributed by atoms with E-state index in [0.717, 1.165) is 25.0 Å². The third-order valence-corrected chi connectivity index (χ3v) is 3.55. The molecule has 1 aromatic heterocycles. The number of nitrogens with one attached hydrogen (secondary N) is 1. The largest absolute Gasteiger partial charge is 0.353 e. The Bertz CT molecular complexity index is 356. The summed E-state index contributed by atoms with van der Waals surface area (Å²) in [5, 5.41) is 3.16. The van der Waals surface area contributed by atoms with Crippen LogP contribution in [0, 0.1) is 0 Å². The fourth-order valence-electron chi connectivity index (χ4n) is 2.51. The maximum absolute atomic E-state index is 11.9. The first-order chi connectivity index (χ1) is 8.84. The predicted octanol–water partition coefficient (Wildman–Crippen LogP) is 2.85. The molecule has 1 amide bonds. The van der Waals surface area contributed by atoms with Crippen LogP contribution < -0.4 is 5.32 Å². The highest BCUT2D eigenvalue weighted by atomic mass is 16.1. The Balaban J connectivity index is 1.71. The molecule has 0 atom stereocenters. The van der Waals surface area contributed by atoms with Gasteiger partial charge in [-0.05, 0) is 31.4 Å². The highest BCUT2D eigenvalue weighted by molar-refractivity contribution is 5.76. The van der Waals surface area contributed by atoms with E-state index < -0.39 is 0 Å². The van der Waals surface area contributed by atoms with Gasteiger partial charge in [-0.25, -0.2) is 0 Å². The lowest BCUT2D eigenvalue weighted by atomic mass is 10.1. The Morgan fingerprint density at radius 3 is 2.67 bits per heavy atom. The van der Waals surface area contributed by atoms with Gasteiger partial charge in [0.1, 0.15) is 0 Å². The van der Waals surface area contributed by atoms with Gasteiger partial charge >= 0.3 is 0 Å². The second-order valence-corrected chi connectivity index (χ2v) is 5.08. The minimum absolute atomic E-state index is 0.174. The van der Waals surface area contributed by atoms with Crippen LogP contribution in [0.15, 0.2) is 24.4 Å². The highest BCUT2D eigenvalue weighted by Crippen LogP contribution is 2.17. The van der Waals surface area contributed by atoms with Crippen LogP contribution in [0.3, 0.4) is 0 Å². The van der Waals surface area contributed by atoms with Crippen molar-refractivity contribution in [2.45, 2.75) is 57.4 Å². The molecule has 0 aliphatic heterocycles. The lowest BCUT2D eigenvalue weighted by molar-refractivity contribution is -0.121. The second-order valence-electron chi connectivity index (χ2n) is 5.08. The Labute approximate surface area is 109 Å². The van der Waals surface area contributed by atoms with Crippen molar-refractivity contribution in [2.75, 3.05) is 0 Å². The van der Waals surface area contributed by atoms with Crippen LogP contribution in [0.4, 0.5) is 0 Å². The lowest BCUT2D eigenvalue weighted by Gasteiger charge is -2.15. The van der Waals surface area contributed by atoms with Crippen molar-refractivity contribution in [1.29, 1.82) is 0 Å². The van der Waals surface area contributed by atoms with Crippen LogP contribution in [0.2, 0.25) is 0 Å². The van der Waals surface area contributed by atoms with Gasteiger partial charge in [-0.15, -0.1) is 0 Å². The Morgan fingerprint density at radius 2 is 2.00 bits per heavy atom. The van der Waals surface area contributed by atoms with Crippen LogP contribution >= 0.6 is 0 Å². The molecule has 0 saturated heterocycles. The molecular formula is C15H22N2O. The number of amides is 1. The molecule has 0 unspecified atom stereocenters. The number of carbonyl (C=O) groups excluding carboxylic acids is 1. The van der Waals surface area contributed by atoms with Crippen molar-refractivity contribution in [1.82, 2.24) is 10.3 Å². The molecule has 2 rings (SSSR count). The van der Waals surface area contributed by atoms with Crippen LogP contribution in [0.1, 0.15) is 50.6 Å². The first-order valence-electron chi connectivity index (χ1n) is 7.04. The van der Waals surface area contributed by atoms with Crippen molar-refractivity contribution in [3.05, 3.63) is 30.1 Å². The Hall–Kier alpha value is -1.38. The molecule has 1 N–H and O–H groups in total. The summed E-state index contributed by atoms with van der Waals surface area (Å²) in [5.74, 6) is 0.174. The molecule has 1 aliphatic rings. The molecule has 3 nitrogen and oxygen atoms in total. The van der Waals surface area contributed by atoms with Crippen LogP contribution in [-0.4, -0.2) is 16.9 Å². The van der Waals surface area contributed by atoms with Crippen molar-refractivity contribution in [3.8, 4) is 0 Å². The SMILES string of the molecule is O=C(CCc1ccccn1)NC1CCCCCC1. The minimum atomic E-state index is 0.174. The number of pyridine rings is 1. The van der Waals surface area contributed by atoms with Crippen LogP contribution in [-0.2, 0) is 11.2 Å². The molecule has 18 heavy (non-hydrogen) atoms. The maximum atomic E-state index is 11.9. The zero-order valence-electron chi connectivity index (χ0n) is 10.9. The normalized spacial score (nSPS) is 17.1.